The van der Waals surface area contributed by atoms with E-state index < -0.39 is 23.2 Å². The van der Waals surface area contributed by atoms with E-state index in [9.17, 15) is 14.7 Å². The van der Waals surface area contributed by atoms with Gasteiger partial charge in [-0.3, -0.25) is 9.59 Å². The van der Waals surface area contributed by atoms with Crippen molar-refractivity contribution in [3.05, 3.63) is 35.9 Å². The lowest BCUT2D eigenvalue weighted by Crippen LogP contribution is -2.34. The molecule has 0 saturated heterocycles. The van der Waals surface area contributed by atoms with Crippen molar-refractivity contribution in [2.75, 3.05) is 0 Å². The maximum absolute atomic E-state index is 11.9. The van der Waals surface area contributed by atoms with Crippen LogP contribution in [0.4, 0.5) is 0 Å². The standard InChI is InChI=1S/C24H39NO3/c1-7-18(19-11-9-8-10-12-19)15-23(3,4)14-17(2)13-20(21(25)26)16-24(5,6)22(27)28/h8-12,17-18,20H,7,13-16H2,1-6H3,(H2,25,26)(H,27,28). The summed E-state index contributed by atoms with van der Waals surface area (Å²) < 4.78 is 0. The van der Waals surface area contributed by atoms with Crippen LogP contribution in [0.15, 0.2) is 30.3 Å². The molecule has 3 atom stereocenters. The van der Waals surface area contributed by atoms with Crippen LogP contribution < -0.4 is 5.73 Å². The number of carbonyl (C=O) groups excluding carboxylic acids is 1. The zero-order valence-electron chi connectivity index (χ0n) is 18.5. The van der Waals surface area contributed by atoms with Crippen molar-refractivity contribution in [2.24, 2.45) is 28.4 Å². The topological polar surface area (TPSA) is 80.4 Å². The third-order valence-electron chi connectivity index (χ3n) is 5.89. The van der Waals surface area contributed by atoms with Gasteiger partial charge in [0, 0.05) is 5.92 Å². The molecule has 0 aliphatic carbocycles. The van der Waals surface area contributed by atoms with Crippen molar-refractivity contribution in [3.8, 4) is 0 Å². The molecule has 0 heterocycles. The average molecular weight is 390 g/mol. The quantitative estimate of drug-likeness (QED) is 0.487. The summed E-state index contributed by atoms with van der Waals surface area (Å²) in [6, 6.07) is 10.6. The molecule has 4 nitrogen and oxygen atoms in total. The molecule has 0 aliphatic rings. The molecule has 1 amide bonds. The Morgan fingerprint density at radius 1 is 1.04 bits per heavy atom. The van der Waals surface area contributed by atoms with Gasteiger partial charge in [0.25, 0.3) is 0 Å². The molecule has 0 spiro atoms. The van der Waals surface area contributed by atoms with Crippen LogP contribution in [0, 0.1) is 22.7 Å². The highest BCUT2D eigenvalue weighted by Gasteiger charge is 2.34. The molecule has 0 radical (unpaired) electrons. The van der Waals surface area contributed by atoms with Crippen LogP contribution in [0.1, 0.15) is 85.1 Å². The van der Waals surface area contributed by atoms with Gasteiger partial charge in [-0.15, -0.1) is 0 Å². The molecule has 1 aromatic carbocycles. The number of rotatable bonds is 12. The SMILES string of the molecule is CCC(CC(C)(C)CC(C)CC(CC(C)(C)C(=O)O)C(N)=O)c1ccccc1. The van der Waals surface area contributed by atoms with Crippen molar-refractivity contribution in [3.63, 3.8) is 0 Å². The summed E-state index contributed by atoms with van der Waals surface area (Å²) in [6.07, 6.45) is 4.08. The number of aliphatic carboxylic acids is 1. The predicted octanol–water partition coefficient (Wildman–Crippen LogP) is 5.62. The van der Waals surface area contributed by atoms with Crippen LogP contribution in [0.5, 0.6) is 0 Å². The summed E-state index contributed by atoms with van der Waals surface area (Å²) in [7, 11) is 0. The van der Waals surface area contributed by atoms with E-state index in [-0.39, 0.29) is 11.8 Å². The number of hydrogen-bond donors (Lipinski definition) is 2. The molecule has 0 fully saturated rings. The van der Waals surface area contributed by atoms with Gasteiger partial charge in [0.15, 0.2) is 0 Å². The summed E-state index contributed by atoms with van der Waals surface area (Å²) >= 11 is 0. The normalized spacial score (nSPS) is 15.6. The molecule has 4 heteroatoms. The summed E-state index contributed by atoms with van der Waals surface area (Å²) in [5.41, 5.74) is 6.16. The van der Waals surface area contributed by atoms with Gasteiger partial charge in [-0.1, -0.05) is 58.0 Å². The Bertz CT molecular complexity index is 637. The minimum Gasteiger partial charge on any atom is -0.481 e. The van der Waals surface area contributed by atoms with Gasteiger partial charge in [-0.05, 0) is 68.8 Å². The van der Waals surface area contributed by atoms with Crippen molar-refractivity contribution in [1.29, 1.82) is 0 Å². The molecule has 0 aliphatic heterocycles. The second-order valence-electron chi connectivity index (χ2n) is 9.92. The monoisotopic (exact) mass is 389 g/mol. The van der Waals surface area contributed by atoms with Gasteiger partial charge in [0.05, 0.1) is 5.41 Å². The van der Waals surface area contributed by atoms with Crippen molar-refractivity contribution in [2.45, 2.75) is 79.6 Å². The lowest BCUT2D eigenvalue weighted by atomic mass is 9.71. The van der Waals surface area contributed by atoms with E-state index >= 15 is 0 Å². The summed E-state index contributed by atoms with van der Waals surface area (Å²) in [6.45, 7) is 12.3. The van der Waals surface area contributed by atoms with Gasteiger partial charge < -0.3 is 10.8 Å². The number of benzene rings is 1. The van der Waals surface area contributed by atoms with E-state index in [1.165, 1.54) is 5.56 Å². The smallest absolute Gasteiger partial charge is 0.309 e. The lowest BCUT2D eigenvalue weighted by Gasteiger charge is -2.33. The number of nitrogens with two attached hydrogens (primary N) is 1. The number of primary amides is 1. The fraction of sp³-hybridized carbons (Fsp3) is 0.667. The zero-order chi connectivity index (χ0) is 21.5. The Labute approximate surface area is 170 Å². The zero-order valence-corrected chi connectivity index (χ0v) is 18.5. The first-order chi connectivity index (χ1) is 12.9. The van der Waals surface area contributed by atoms with Gasteiger partial charge in [0.1, 0.15) is 0 Å². The number of hydrogen-bond acceptors (Lipinski definition) is 2. The number of carboxylic acids is 1. The van der Waals surface area contributed by atoms with Gasteiger partial charge in [0.2, 0.25) is 5.91 Å². The number of amides is 1. The molecular formula is C24H39NO3. The summed E-state index contributed by atoms with van der Waals surface area (Å²) in [5, 5.41) is 9.37. The highest BCUT2D eigenvalue weighted by Crippen LogP contribution is 2.40. The highest BCUT2D eigenvalue weighted by molar-refractivity contribution is 5.79. The van der Waals surface area contributed by atoms with Crippen molar-refractivity contribution >= 4 is 11.9 Å². The first-order valence-corrected chi connectivity index (χ1v) is 10.5. The Morgan fingerprint density at radius 2 is 1.61 bits per heavy atom. The fourth-order valence-corrected chi connectivity index (χ4v) is 4.49. The fourth-order valence-electron chi connectivity index (χ4n) is 4.49. The molecule has 0 aromatic heterocycles. The van der Waals surface area contributed by atoms with E-state index in [4.69, 9.17) is 5.73 Å². The maximum atomic E-state index is 11.9. The van der Waals surface area contributed by atoms with Gasteiger partial charge >= 0.3 is 5.97 Å². The van der Waals surface area contributed by atoms with Crippen LogP contribution >= 0.6 is 0 Å². The van der Waals surface area contributed by atoms with Crippen LogP contribution in [0.2, 0.25) is 0 Å². The molecule has 1 aromatic rings. The Morgan fingerprint density at radius 3 is 2.07 bits per heavy atom. The number of carbonyl (C=O) groups is 2. The lowest BCUT2D eigenvalue weighted by molar-refractivity contribution is -0.148. The van der Waals surface area contributed by atoms with Crippen LogP contribution in [-0.4, -0.2) is 17.0 Å². The average Bonchev–Trinajstić information content (AvgIpc) is 2.59. The van der Waals surface area contributed by atoms with E-state index in [0.717, 1.165) is 19.3 Å². The molecular weight excluding hydrogens is 350 g/mol. The Hall–Kier alpha value is -1.84. The molecule has 3 N–H and O–H groups in total. The minimum absolute atomic E-state index is 0.125. The van der Waals surface area contributed by atoms with Crippen LogP contribution in [0.3, 0.4) is 0 Å². The summed E-state index contributed by atoms with van der Waals surface area (Å²) in [4.78, 5) is 23.4. The van der Waals surface area contributed by atoms with Crippen LogP contribution in [0.25, 0.3) is 0 Å². The second kappa shape index (κ2) is 10.1. The number of carboxylic acid groups (broad SMARTS) is 1. The molecule has 0 bridgehead atoms. The van der Waals surface area contributed by atoms with Gasteiger partial charge in [-0.25, -0.2) is 0 Å². The third-order valence-corrected chi connectivity index (χ3v) is 5.89. The van der Waals surface area contributed by atoms with E-state index in [1.807, 2.05) is 6.07 Å². The predicted molar refractivity (Wildman–Crippen MR) is 115 cm³/mol. The van der Waals surface area contributed by atoms with E-state index in [2.05, 4.69) is 52.0 Å². The molecule has 158 valence electrons. The second-order valence-corrected chi connectivity index (χ2v) is 9.92. The van der Waals surface area contributed by atoms with Gasteiger partial charge in [-0.2, -0.15) is 0 Å². The first-order valence-electron chi connectivity index (χ1n) is 10.5. The summed E-state index contributed by atoms with van der Waals surface area (Å²) in [5.74, 6) is -0.880. The van der Waals surface area contributed by atoms with E-state index in [1.54, 1.807) is 13.8 Å². The van der Waals surface area contributed by atoms with Crippen molar-refractivity contribution < 1.29 is 14.7 Å². The molecule has 1 rings (SSSR count). The van der Waals surface area contributed by atoms with Crippen molar-refractivity contribution in [1.82, 2.24) is 0 Å². The largest absolute Gasteiger partial charge is 0.481 e. The molecule has 0 saturated carbocycles. The molecule has 28 heavy (non-hydrogen) atoms. The molecule has 3 unspecified atom stereocenters. The minimum atomic E-state index is -0.949. The van der Waals surface area contributed by atoms with E-state index in [0.29, 0.717) is 18.3 Å². The van der Waals surface area contributed by atoms with Crippen LogP contribution in [-0.2, 0) is 9.59 Å². The first kappa shape index (κ1) is 24.2. The third kappa shape index (κ3) is 7.65. The maximum Gasteiger partial charge on any atom is 0.309 e. The Balaban J connectivity index is 2.75. The Kier molecular flexibility index (Phi) is 8.72. The highest BCUT2D eigenvalue weighted by atomic mass is 16.4.